The van der Waals surface area contributed by atoms with E-state index in [-0.39, 0.29) is 12.3 Å². The van der Waals surface area contributed by atoms with E-state index in [0.29, 0.717) is 11.3 Å². The molecule has 1 amide bonds. The van der Waals surface area contributed by atoms with Crippen LogP contribution in [0.5, 0.6) is 0 Å². The Kier molecular flexibility index (Phi) is 6.51. The Morgan fingerprint density at radius 1 is 1.06 bits per heavy atom. The molecule has 1 heterocycles. The van der Waals surface area contributed by atoms with Gasteiger partial charge >= 0.3 is 5.97 Å². The molecule has 3 N–H and O–H groups in total. The first kappa shape index (κ1) is 22.2. The number of nitrogens with zero attached hydrogens (tertiary/aromatic N) is 1. The van der Waals surface area contributed by atoms with Crippen molar-refractivity contribution in [3.63, 3.8) is 0 Å². The van der Waals surface area contributed by atoms with Crippen LogP contribution in [0.25, 0.3) is 11.3 Å². The number of aromatic nitrogens is 1. The highest BCUT2D eigenvalue weighted by molar-refractivity contribution is 5.95. The Morgan fingerprint density at radius 2 is 1.81 bits per heavy atom. The van der Waals surface area contributed by atoms with Crippen LogP contribution in [0.4, 0.5) is 0 Å². The maximum absolute atomic E-state index is 13.0. The predicted molar refractivity (Wildman–Crippen MR) is 119 cm³/mol. The van der Waals surface area contributed by atoms with Crippen LogP contribution >= 0.6 is 0 Å². The highest BCUT2D eigenvalue weighted by Gasteiger charge is 2.21. The lowest BCUT2D eigenvalue weighted by molar-refractivity contribution is -0.137. The van der Waals surface area contributed by atoms with E-state index in [1.165, 1.54) is 0 Å². The smallest absolute Gasteiger partial charge is 0.305 e. The molecule has 0 radical (unpaired) electrons. The average Bonchev–Trinajstić information content (AvgIpc) is 2.73. The van der Waals surface area contributed by atoms with Gasteiger partial charge in [-0.15, -0.1) is 0 Å². The van der Waals surface area contributed by atoms with E-state index < -0.39 is 17.6 Å². The van der Waals surface area contributed by atoms with Crippen molar-refractivity contribution in [1.82, 2.24) is 10.3 Å². The third kappa shape index (κ3) is 5.55. The van der Waals surface area contributed by atoms with Crippen molar-refractivity contribution in [2.24, 2.45) is 0 Å². The number of pyridine rings is 1. The third-order valence-corrected chi connectivity index (χ3v) is 5.13. The standard InChI is InChI=1S/C25H26N2O4/c1-16-7-4-5-10-20(16)22(15-23(28)29)27-24(30)18-11-12-26-21(14-18)17-8-6-9-19(13-17)25(2,3)31/h4-14,22,31H,15H2,1-3H3,(H,27,30)(H,28,29). The number of carboxylic acid groups (broad SMARTS) is 1. The summed E-state index contributed by atoms with van der Waals surface area (Å²) in [7, 11) is 0. The maximum Gasteiger partial charge on any atom is 0.305 e. The molecule has 6 nitrogen and oxygen atoms in total. The molecule has 0 bridgehead atoms. The normalized spacial score (nSPS) is 12.3. The Morgan fingerprint density at radius 3 is 2.48 bits per heavy atom. The molecule has 160 valence electrons. The van der Waals surface area contributed by atoms with Crippen molar-refractivity contribution < 1.29 is 19.8 Å². The van der Waals surface area contributed by atoms with Gasteiger partial charge in [-0.25, -0.2) is 0 Å². The molecule has 0 fully saturated rings. The number of aliphatic hydroxyl groups is 1. The van der Waals surface area contributed by atoms with E-state index in [1.54, 1.807) is 32.2 Å². The van der Waals surface area contributed by atoms with Gasteiger partial charge < -0.3 is 15.5 Å². The summed E-state index contributed by atoms with van der Waals surface area (Å²) < 4.78 is 0. The molecule has 3 aromatic rings. The topological polar surface area (TPSA) is 99.5 Å². The van der Waals surface area contributed by atoms with Crippen LogP contribution in [0.1, 0.15) is 53.4 Å². The molecule has 0 aliphatic heterocycles. The first-order chi connectivity index (χ1) is 14.6. The lowest BCUT2D eigenvalue weighted by atomic mass is 9.95. The molecule has 0 saturated carbocycles. The number of aryl methyl sites for hydroxylation is 1. The SMILES string of the molecule is Cc1ccccc1C(CC(=O)O)NC(=O)c1ccnc(-c2cccc(C(C)(C)O)c2)c1. The van der Waals surface area contributed by atoms with Crippen molar-refractivity contribution in [3.8, 4) is 11.3 Å². The molecule has 0 aliphatic carbocycles. The first-order valence-electron chi connectivity index (χ1n) is 10.0. The summed E-state index contributed by atoms with van der Waals surface area (Å²) in [6.45, 7) is 5.30. The van der Waals surface area contributed by atoms with Gasteiger partial charge in [0.25, 0.3) is 5.91 Å². The molecule has 1 unspecified atom stereocenters. The van der Waals surface area contributed by atoms with Crippen molar-refractivity contribution in [1.29, 1.82) is 0 Å². The number of hydrogen-bond donors (Lipinski definition) is 3. The minimum Gasteiger partial charge on any atom is -0.481 e. The van der Waals surface area contributed by atoms with E-state index in [2.05, 4.69) is 10.3 Å². The highest BCUT2D eigenvalue weighted by atomic mass is 16.4. The average molecular weight is 418 g/mol. The third-order valence-electron chi connectivity index (χ3n) is 5.13. The van der Waals surface area contributed by atoms with Crippen LogP contribution in [0, 0.1) is 6.92 Å². The molecule has 31 heavy (non-hydrogen) atoms. The lowest BCUT2D eigenvalue weighted by Crippen LogP contribution is -2.30. The van der Waals surface area contributed by atoms with Crippen molar-refractivity contribution >= 4 is 11.9 Å². The zero-order valence-corrected chi connectivity index (χ0v) is 17.8. The largest absolute Gasteiger partial charge is 0.481 e. The van der Waals surface area contributed by atoms with Crippen LogP contribution < -0.4 is 5.32 Å². The number of nitrogens with one attached hydrogen (secondary N) is 1. The van der Waals surface area contributed by atoms with Gasteiger partial charge in [-0.05, 0) is 55.7 Å². The summed E-state index contributed by atoms with van der Waals surface area (Å²) in [5, 5.41) is 22.4. The highest BCUT2D eigenvalue weighted by Crippen LogP contribution is 2.26. The van der Waals surface area contributed by atoms with Crippen molar-refractivity contribution in [2.75, 3.05) is 0 Å². The zero-order chi connectivity index (χ0) is 22.6. The second kappa shape index (κ2) is 9.10. The summed E-state index contributed by atoms with van der Waals surface area (Å²) >= 11 is 0. The summed E-state index contributed by atoms with van der Waals surface area (Å²) in [6, 6.07) is 17.4. The fourth-order valence-corrected chi connectivity index (χ4v) is 3.42. The molecule has 6 heteroatoms. The monoisotopic (exact) mass is 418 g/mol. The molecular weight excluding hydrogens is 392 g/mol. The fourth-order valence-electron chi connectivity index (χ4n) is 3.42. The van der Waals surface area contributed by atoms with Crippen LogP contribution in [-0.4, -0.2) is 27.1 Å². The van der Waals surface area contributed by atoms with Gasteiger partial charge in [0.15, 0.2) is 0 Å². The van der Waals surface area contributed by atoms with Gasteiger partial charge in [-0.3, -0.25) is 14.6 Å². The van der Waals surface area contributed by atoms with E-state index >= 15 is 0 Å². The molecule has 1 atom stereocenters. The molecule has 0 aliphatic rings. The Bertz CT molecular complexity index is 1100. The number of aliphatic carboxylic acids is 1. The fraction of sp³-hybridized carbons (Fsp3) is 0.240. The van der Waals surface area contributed by atoms with Crippen molar-refractivity contribution in [2.45, 2.75) is 38.8 Å². The van der Waals surface area contributed by atoms with E-state index in [9.17, 15) is 19.8 Å². The van der Waals surface area contributed by atoms with Crippen molar-refractivity contribution in [3.05, 3.63) is 89.1 Å². The number of hydrogen-bond acceptors (Lipinski definition) is 4. The van der Waals surface area contributed by atoms with E-state index in [0.717, 1.165) is 22.3 Å². The van der Waals surface area contributed by atoms with Gasteiger partial charge in [-0.1, -0.05) is 42.5 Å². The molecule has 0 saturated heterocycles. The van der Waals surface area contributed by atoms with Crippen LogP contribution in [0.2, 0.25) is 0 Å². The van der Waals surface area contributed by atoms with Gasteiger partial charge in [0.1, 0.15) is 0 Å². The minimum atomic E-state index is -0.997. The predicted octanol–water partition coefficient (Wildman–Crippen LogP) is 4.23. The van der Waals surface area contributed by atoms with Gasteiger partial charge in [-0.2, -0.15) is 0 Å². The molecule has 3 rings (SSSR count). The van der Waals surface area contributed by atoms with E-state index in [1.807, 2.05) is 55.5 Å². The number of carbonyl (C=O) groups excluding carboxylic acids is 1. The zero-order valence-electron chi connectivity index (χ0n) is 17.8. The summed E-state index contributed by atoms with van der Waals surface area (Å²) in [4.78, 5) is 28.7. The van der Waals surface area contributed by atoms with Crippen LogP contribution in [-0.2, 0) is 10.4 Å². The van der Waals surface area contributed by atoms with Crippen LogP contribution in [0.3, 0.4) is 0 Å². The van der Waals surface area contributed by atoms with Gasteiger partial charge in [0.2, 0.25) is 0 Å². The van der Waals surface area contributed by atoms with E-state index in [4.69, 9.17) is 0 Å². The lowest BCUT2D eigenvalue weighted by Gasteiger charge is -2.20. The molecular formula is C25H26N2O4. The molecule has 1 aromatic heterocycles. The van der Waals surface area contributed by atoms with Crippen LogP contribution in [0.15, 0.2) is 66.9 Å². The first-order valence-corrected chi connectivity index (χ1v) is 10.0. The maximum atomic E-state index is 13.0. The quantitative estimate of drug-likeness (QED) is 0.533. The number of benzene rings is 2. The summed E-state index contributed by atoms with van der Waals surface area (Å²) in [6.07, 6.45) is 1.32. The Labute approximate surface area is 181 Å². The summed E-state index contributed by atoms with van der Waals surface area (Å²) in [5.41, 5.74) is 3.16. The van der Waals surface area contributed by atoms with Gasteiger partial charge in [0.05, 0.1) is 23.8 Å². The second-order valence-electron chi connectivity index (χ2n) is 8.05. The Hall–Kier alpha value is -3.51. The number of carboxylic acids is 1. The summed E-state index contributed by atoms with van der Waals surface area (Å²) in [5.74, 6) is -1.37. The number of rotatable bonds is 7. The number of amides is 1. The van der Waals surface area contributed by atoms with Gasteiger partial charge in [0, 0.05) is 17.3 Å². The minimum absolute atomic E-state index is 0.220. The molecule has 2 aromatic carbocycles. The molecule has 0 spiro atoms. The Balaban J connectivity index is 1.89. The number of carbonyl (C=O) groups is 2. The second-order valence-corrected chi connectivity index (χ2v) is 8.05.